The average molecular weight is 333 g/mol. The van der Waals surface area contributed by atoms with E-state index >= 15 is 0 Å². The van der Waals surface area contributed by atoms with Crippen LogP contribution in [0.4, 0.5) is 5.82 Å². The van der Waals surface area contributed by atoms with Crippen LogP contribution in [-0.4, -0.2) is 33.3 Å². The smallest absolute Gasteiger partial charge is 0.207 e. The highest BCUT2D eigenvalue weighted by molar-refractivity contribution is 5.51. The van der Waals surface area contributed by atoms with Gasteiger partial charge in [-0.05, 0) is 24.6 Å². The van der Waals surface area contributed by atoms with Gasteiger partial charge in [0.05, 0.1) is 12.3 Å². The monoisotopic (exact) mass is 333 g/mol. The van der Waals surface area contributed by atoms with Gasteiger partial charge in [-0.15, -0.1) is 15.0 Å². The van der Waals surface area contributed by atoms with E-state index in [9.17, 15) is 10.4 Å². The molecular formula is C19H19N5O. The van der Waals surface area contributed by atoms with Gasteiger partial charge in [0.2, 0.25) is 5.69 Å². The molecule has 0 bridgehead atoms. The summed E-state index contributed by atoms with van der Waals surface area (Å²) in [5.41, 5.74) is 3.24. The predicted molar refractivity (Wildman–Crippen MR) is 95.4 cm³/mol. The van der Waals surface area contributed by atoms with Gasteiger partial charge < -0.3 is 10.0 Å². The van der Waals surface area contributed by atoms with Crippen molar-refractivity contribution in [2.45, 2.75) is 13.5 Å². The minimum atomic E-state index is -0.0326. The molecule has 0 saturated heterocycles. The van der Waals surface area contributed by atoms with Crippen LogP contribution in [0.5, 0.6) is 0 Å². The molecule has 1 aromatic heterocycles. The van der Waals surface area contributed by atoms with Gasteiger partial charge in [0.25, 0.3) is 0 Å². The number of hydrogen-bond donors (Lipinski definition) is 1. The summed E-state index contributed by atoms with van der Waals surface area (Å²) < 4.78 is 0. The Morgan fingerprint density at radius 2 is 1.80 bits per heavy atom. The van der Waals surface area contributed by atoms with Crippen LogP contribution >= 0.6 is 0 Å². The number of nitrogens with zero attached hydrogens (tertiary/aromatic N) is 5. The van der Waals surface area contributed by atoms with Gasteiger partial charge in [0.1, 0.15) is 6.07 Å². The van der Waals surface area contributed by atoms with Gasteiger partial charge in [-0.2, -0.15) is 5.26 Å². The molecule has 0 aliphatic carbocycles. The first-order chi connectivity index (χ1) is 12.2. The van der Waals surface area contributed by atoms with Gasteiger partial charge in [-0.25, -0.2) is 0 Å². The van der Waals surface area contributed by atoms with Gasteiger partial charge >= 0.3 is 0 Å². The average Bonchev–Trinajstić information content (AvgIpc) is 3.07. The van der Waals surface area contributed by atoms with Crippen LogP contribution < -0.4 is 4.90 Å². The van der Waals surface area contributed by atoms with Crippen molar-refractivity contribution in [2.75, 3.05) is 18.1 Å². The van der Waals surface area contributed by atoms with Crippen LogP contribution in [0.15, 0.2) is 54.6 Å². The quantitative estimate of drug-likeness (QED) is 0.750. The molecule has 0 amide bonds. The Balaban J connectivity index is 1.95. The molecule has 0 unspecified atom stereocenters. The van der Waals surface area contributed by atoms with Gasteiger partial charge in [-0.1, -0.05) is 48.0 Å². The first-order valence-corrected chi connectivity index (χ1v) is 8.05. The summed E-state index contributed by atoms with van der Waals surface area (Å²) >= 11 is 0. The molecule has 2 aromatic carbocycles. The van der Waals surface area contributed by atoms with Gasteiger partial charge in [-0.3, -0.25) is 0 Å². The fraction of sp³-hybridized carbons (Fsp3) is 0.211. The molecule has 126 valence electrons. The molecule has 6 nitrogen and oxygen atoms in total. The lowest BCUT2D eigenvalue weighted by molar-refractivity contribution is 0.301. The molecule has 0 atom stereocenters. The highest BCUT2D eigenvalue weighted by Gasteiger charge is 2.18. The molecule has 0 aliphatic heterocycles. The molecular weight excluding hydrogens is 314 g/mol. The summed E-state index contributed by atoms with van der Waals surface area (Å²) in [4.78, 5) is 3.33. The first kappa shape index (κ1) is 16.7. The summed E-state index contributed by atoms with van der Waals surface area (Å²) in [6.07, 6.45) is 0. The normalized spacial score (nSPS) is 10.4. The zero-order valence-corrected chi connectivity index (χ0v) is 14.0. The first-order valence-electron chi connectivity index (χ1n) is 8.05. The maximum absolute atomic E-state index is 9.45. The third kappa shape index (κ3) is 3.84. The lowest BCUT2D eigenvalue weighted by Gasteiger charge is -2.21. The SMILES string of the molecule is Cc1ccc(-n2nc(C#N)c(N(CCO)Cc3ccccc3)n2)cc1. The van der Waals surface area contributed by atoms with E-state index in [1.807, 2.05) is 66.4 Å². The molecule has 1 heterocycles. The Morgan fingerprint density at radius 1 is 1.08 bits per heavy atom. The standard InChI is InChI=1S/C19H19N5O/c1-15-7-9-17(10-8-15)24-21-18(13-20)19(22-24)23(11-12-25)14-16-5-3-2-4-6-16/h2-10,25H,11-12,14H2,1H3. The molecule has 0 radical (unpaired) electrons. The minimum Gasteiger partial charge on any atom is -0.395 e. The van der Waals surface area contributed by atoms with Crippen LogP contribution in [-0.2, 0) is 6.54 Å². The van der Waals surface area contributed by atoms with E-state index in [4.69, 9.17) is 0 Å². The highest BCUT2D eigenvalue weighted by atomic mass is 16.3. The van der Waals surface area contributed by atoms with E-state index in [0.717, 1.165) is 16.8 Å². The maximum Gasteiger partial charge on any atom is 0.207 e. The van der Waals surface area contributed by atoms with Crippen LogP contribution in [0.2, 0.25) is 0 Å². The van der Waals surface area contributed by atoms with E-state index < -0.39 is 0 Å². The van der Waals surface area contributed by atoms with Crippen LogP contribution in [0, 0.1) is 18.3 Å². The summed E-state index contributed by atoms with van der Waals surface area (Å²) in [5, 5.41) is 27.7. The second-order valence-corrected chi connectivity index (χ2v) is 5.74. The third-order valence-electron chi connectivity index (χ3n) is 3.85. The molecule has 0 spiro atoms. The van der Waals surface area contributed by atoms with Crippen LogP contribution in [0.3, 0.4) is 0 Å². The summed E-state index contributed by atoms with van der Waals surface area (Å²) in [5.74, 6) is 0.473. The molecule has 0 aliphatic rings. The second kappa shape index (κ2) is 7.60. The Kier molecular flexibility index (Phi) is 5.07. The number of aliphatic hydroxyl groups excluding tert-OH is 1. The van der Waals surface area contributed by atoms with E-state index in [1.165, 1.54) is 4.80 Å². The molecule has 1 N–H and O–H groups in total. The van der Waals surface area contributed by atoms with Crippen molar-refractivity contribution in [3.05, 3.63) is 71.4 Å². The fourth-order valence-electron chi connectivity index (χ4n) is 2.56. The van der Waals surface area contributed by atoms with Crippen molar-refractivity contribution >= 4 is 5.82 Å². The van der Waals surface area contributed by atoms with Gasteiger partial charge in [0, 0.05) is 13.1 Å². The number of nitriles is 1. The number of aromatic nitrogens is 3. The number of aryl methyl sites for hydroxylation is 1. The molecule has 3 rings (SSSR count). The molecule has 3 aromatic rings. The molecule has 6 heteroatoms. The third-order valence-corrected chi connectivity index (χ3v) is 3.85. The molecule has 25 heavy (non-hydrogen) atoms. The lowest BCUT2D eigenvalue weighted by atomic mass is 10.2. The summed E-state index contributed by atoms with van der Waals surface area (Å²) in [6, 6.07) is 19.7. The number of anilines is 1. The number of benzene rings is 2. The van der Waals surface area contributed by atoms with E-state index in [1.54, 1.807) is 0 Å². The highest BCUT2D eigenvalue weighted by Crippen LogP contribution is 2.20. The number of aliphatic hydroxyl groups is 1. The second-order valence-electron chi connectivity index (χ2n) is 5.74. The fourth-order valence-corrected chi connectivity index (χ4v) is 2.56. The largest absolute Gasteiger partial charge is 0.395 e. The summed E-state index contributed by atoms with van der Waals surface area (Å²) in [7, 11) is 0. The Labute approximate surface area is 146 Å². The van der Waals surface area contributed by atoms with E-state index in [-0.39, 0.29) is 12.3 Å². The van der Waals surface area contributed by atoms with Crippen molar-refractivity contribution in [1.29, 1.82) is 5.26 Å². The lowest BCUT2D eigenvalue weighted by Crippen LogP contribution is -2.27. The molecule has 0 saturated carbocycles. The minimum absolute atomic E-state index is 0.0326. The maximum atomic E-state index is 9.45. The zero-order valence-electron chi connectivity index (χ0n) is 14.0. The van der Waals surface area contributed by atoms with Crippen molar-refractivity contribution in [3.63, 3.8) is 0 Å². The van der Waals surface area contributed by atoms with Gasteiger partial charge in [0.15, 0.2) is 5.82 Å². The summed E-state index contributed by atoms with van der Waals surface area (Å²) in [6.45, 7) is 2.89. The Hall–Kier alpha value is -3.17. The molecule has 0 fully saturated rings. The van der Waals surface area contributed by atoms with Crippen molar-refractivity contribution < 1.29 is 5.11 Å². The Bertz CT molecular complexity index is 865. The number of hydrogen-bond acceptors (Lipinski definition) is 5. The van der Waals surface area contributed by atoms with Crippen molar-refractivity contribution in [3.8, 4) is 11.8 Å². The number of rotatable bonds is 6. The van der Waals surface area contributed by atoms with E-state index in [2.05, 4.69) is 16.3 Å². The van der Waals surface area contributed by atoms with E-state index in [0.29, 0.717) is 18.9 Å². The Morgan fingerprint density at radius 3 is 2.44 bits per heavy atom. The van der Waals surface area contributed by atoms with Crippen molar-refractivity contribution in [2.24, 2.45) is 0 Å². The topological polar surface area (TPSA) is 78.0 Å². The van der Waals surface area contributed by atoms with Crippen molar-refractivity contribution in [1.82, 2.24) is 15.0 Å². The van der Waals surface area contributed by atoms with Crippen LogP contribution in [0.25, 0.3) is 5.69 Å². The zero-order chi connectivity index (χ0) is 17.6. The predicted octanol–water partition coefficient (Wildman–Crippen LogP) is 2.45. The van der Waals surface area contributed by atoms with Crippen LogP contribution in [0.1, 0.15) is 16.8 Å².